The summed E-state index contributed by atoms with van der Waals surface area (Å²) < 4.78 is 6.06. The lowest BCUT2D eigenvalue weighted by atomic mass is 9.96. The highest BCUT2D eigenvalue weighted by Gasteiger charge is 2.28. The van der Waals surface area contributed by atoms with Gasteiger partial charge in [0.25, 0.3) is 0 Å². The van der Waals surface area contributed by atoms with Crippen LogP contribution in [0.5, 0.6) is 5.75 Å². The summed E-state index contributed by atoms with van der Waals surface area (Å²) in [6, 6.07) is 17.0. The van der Waals surface area contributed by atoms with Gasteiger partial charge in [-0.25, -0.2) is 0 Å². The molecule has 2 aliphatic heterocycles. The maximum Gasteiger partial charge on any atom is 0.124 e. The van der Waals surface area contributed by atoms with Gasteiger partial charge in [0.15, 0.2) is 0 Å². The van der Waals surface area contributed by atoms with Crippen molar-refractivity contribution >= 4 is 11.6 Å². The average molecular weight is 371 g/mol. The van der Waals surface area contributed by atoms with Gasteiger partial charge >= 0.3 is 0 Å². The molecular weight excluding hydrogens is 344 g/mol. The monoisotopic (exact) mass is 370 g/mol. The Labute approximate surface area is 161 Å². The first-order valence-corrected chi connectivity index (χ1v) is 10.1. The summed E-state index contributed by atoms with van der Waals surface area (Å²) in [4.78, 5) is 5.17. The third-order valence-electron chi connectivity index (χ3n) is 5.54. The summed E-state index contributed by atoms with van der Waals surface area (Å²) in [5.41, 5.74) is 2.49. The molecule has 2 heterocycles. The van der Waals surface area contributed by atoms with Crippen LogP contribution in [0, 0.1) is 0 Å². The van der Waals surface area contributed by atoms with Gasteiger partial charge in [0.2, 0.25) is 0 Å². The number of ether oxygens (including phenoxy) is 1. The molecule has 138 valence electrons. The van der Waals surface area contributed by atoms with E-state index in [2.05, 4.69) is 46.2 Å². The minimum atomic E-state index is 0.192. The first-order chi connectivity index (χ1) is 12.8. The number of hydrogen-bond donors (Lipinski definition) is 0. The molecule has 1 unspecified atom stereocenters. The van der Waals surface area contributed by atoms with E-state index in [0.29, 0.717) is 0 Å². The van der Waals surface area contributed by atoms with E-state index in [1.807, 2.05) is 12.1 Å². The van der Waals surface area contributed by atoms with Crippen LogP contribution >= 0.6 is 11.6 Å². The maximum absolute atomic E-state index is 6.35. The van der Waals surface area contributed by atoms with Crippen molar-refractivity contribution < 1.29 is 4.74 Å². The molecule has 0 spiro atoms. The van der Waals surface area contributed by atoms with E-state index in [1.165, 1.54) is 43.5 Å². The zero-order chi connectivity index (χ0) is 17.8. The van der Waals surface area contributed by atoms with E-state index in [-0.39, 0.29) is 6.04 Å². The molecule has 0 radical (unpaired) electrons. The molecule has 0 bridgehead atoms. The summed E-state index contributed by atoms with van der Waals surface area (Å²) in [5.74, 6) is 0.962. The van der Waals surface area contributed by atoms with E-state index < -0.39 is 0 Å². The number of benzene rings is 2. The molecule has 4 heteroatoms. The van der Waals surface area contributed by atoms with Crippen LogP contribution in [0.4, 0.5) is 0 Å². The number of fused-ring (bicyclic) bond motifs is 1. The van der Waals surface area contributed by atoms with Crippen molar-refractivity contribution in [2.24, 2.45) is 0 Å². The molecule has 2 aliphatic rings. The summed E-state index contributed by atoms with van der Waals surface area (Å²) in [6.45, 7) is 6.30. The molecule has 26 heavy (non-hydrogen) atoms. The first kappa shape index (κ1) is 17.8. The van der Waals surface area contributed by atoms with Gasteiger partial charge in [0.05, 0.1) is 6.04 Å². The second-order valence-electron chi connectivity index (χ2n) is 7.28. The van der Waals surface area contributed by atoms with Crippen LogP contribution < -0.4 is 4.74 Å². The number of piperidine rings is 1. The molecule has 4 rings (SSSR count). The molecule has 0 N–H and O–H groups in total. The molecule has 1 saturated heterocycles. The van der Waals surface area contributed by atoms with E-state index in [1.54, 1.807) is 0 Å². The molecular formula is C22H27ClN2O. The number of nitrogens with zero attached hydrogens (tertiary/aromatic N) is 2. The summed E-state index contributed by atoms with van der Waals surface area (Å²) in [6.07, 6.45) is 4.06. The standard InChI is InChI=1S/C22H27ClN2O/c23-19-9-10-21-20(17-19)22(18-7-3-1-4-8-18)25(15-16-26-21)14-13-24-11-5-2-6-12-24/h1,3-4,7-10,17,22H,2,5-6,11-16H2. The summed E-state index contributed by atoms with van der Waals surface area (Å²) >= 11 is 6.35. The third-order valence-corrected chi connectivity index (χ3v) is 5.77. The average Bonchev–Trinajstić information content (AvgIpc) is 2.86. The zero-order valence-corrected chi connectivity index (χ0v) is 16.0. The molecule has 3 nitrogen and oxygen atoms in total. The van der Waals surface area contributed by atoms with Gasteiger partial charge in [-0.1, -0.05) is 48.4 Å². The lowest BCUT2D eigenvalue weighted by molar-refractivity contribution is 0.154. The molecule has 0 aromatic heterocycles. The fourth-order valence-corrected chi connectivity index (χ4v) is 4.36. The van der Waals surface area contributed by atoms with Gasteiger partial charge in [0.1, 0.15) is 12.4 Å². The van der Waals surface area contributed by atoms with Crippen LogP contribution in [0.25, 0.3) is 0 Å². The lowest BCUT2D eigenvalue weighted by Crippen LogP contribution is -2.40. The number of likely N-dealkylation sites (tertiary alicyclic amines) is 1. The third kappa shape index (κ3) is 4.06. The Hall–Kier alpha value is -1.55. The van der Waals surface area contributed by atoms with Crippen LogP contribution in [0.3, 0.4) is 0 Å². The number of halogens is 1. The Kier molecular flexibility index (Phi) is 5.78. The van der Waals surface area contributed by atoms with Crippen molar-refractivity contribution in [3.8, 4) is 5.75 Å². The van der Waals surface area contributed by atoms with Crippen molar-refractivity contribution in [1.29, 1.82) is 0 Å². The number of hydrogen-bond acceptors (Lipinski definition) is 3. The summed E-state index contributed by atoms with van der Waals surface area (Å²) in [7, 11) is 0. The minimum absolute atomic E-state index is 0.192. The molecule has 0 aliphatic carbocycles. The van der Waals surface area contributed by atoms with Crippen molar-refractivity contribution in [2.45, 2.75) is 25.3 Å². The van der Waals surface area contributed by atoms with Gasteiger partial charge in [-0.2, -0.15) is 0 Å². The quantitative estimate of drug-likeness (QED) is 0.781. The first-order valence-electron chi connectivity index (χ1n) is 9.75. The van der Waals surface area contributed by atoms with Crippen molar-refractivity contribution in [3.05, 3.63) is 64.7 Å². The fourth-order valence-electron chi connectivity index (χ4n) is 4.18. The Balaban J connectivity index is 1.62. The second-order valence-corrected chi connectivity index (χ2v) is 7.72. The van der Waals surface area contributed by atoms with Crippen LogP contribution in [0.1, 0.15) is 36.4 Å². The number of rotatable bonds is 4. The molecule has 0 saturated carbocycles. The van der Waals surface area contributed by atoms with Gasteiger partial charge in [-0.3, -0.25) is 4.90 Å². The van der Waals surface area contributed by atoms with Crippen molar-refractivity contribution in [1.82, 2.24) is 9.80 Å². The van der Waals surface area contributed by atoms with E-state index in [9.17, 15) is 0 Å². The zero-order valence-electron chi connectivity index (χ0n) is 15.2. The Bertz CT molecular complexity index is 715. The van der Waals surface area contributed by atoms with Crippen LogP contribution in [0.15, 0.2) is 48.5 Å². The Morgan fingerprint density at radius 2 is 1.73 bits per heavy atom. The van der Waals surface area contributed by atoms with Gasteiger partial charge in [0, 0.05) is 30.2 Å². The highest BCUT2D eigenvalue weighted by molar-refractivity contribution is 6.30. The van der Waals surface area contributed by atoms with E-state index >= 15 is 0 Å². The topological polar surface area (TPSA) is 15.7 Å². The fraction of sp³-hybridized carbons (Fsp3) is 0.455. The SMILES string of the molecule is Clc1ccc2c(c1)C(c1ccccc1)N(CCN1CCCCC1)CCO2. The van der Waals surface area contributed by atoms with E-state index in [0.717, 1.165) is 37.0 Å². The Morgan fingerprint density at radius 1 is 0.923 bits per heavy atom. The lowest BCUT2D eigenvalue weighted by Gasteiger charge is -2.34. The molecule has 1 fully saturated rings. The van der Waals surface area contributed by atoms with Crippen molar-refractivity contribution in [2.75, 3.05) is 39.3 Å². The van der Waals surface area contributed by atoms with Crippen LogP contribution in [0.2, 0.25) is 5.02 Å². The van der Waals surface area contributed by atoms with Crippen LogP contribution in [-0.4, -0.2) is 49.1 Å². The van der Waals surface area contributed by atoms with Gasteiger partial charge in [-0.05, 0) is 49.7 Å². The molecule has 2 aromatic carbocycles. The van der Waals surface area contributed by atoms with E-state index in [4.69, 9.17) is 16.3 Å². The van der Waals surface area contributed by atoms with Gasteiger partial charge < -0.3 is 9.64 Å². The molecule has 0 amide bonds. The normalized spacial score (nSPS) is 21.7. The predicted octanol–water partition coefficient (Wildman–Crippen LogP) is 4.61. The molecule has 1 atom stereocenters. The second kappa shape index (κ2) is 8.43. The van der Waals surface area contributed by atoms with Gasteiger partial charge in [-0.15, -0.1) is 0 Å². The molecule has 2 aromatic rings. The highest BCUT2D eigenvalue weighted by Crippen LogP contribution is 2.38. The largest absolute Gasteiger partial charge is 0.492 e. The Morgan fingerprint density at radius 3 is 2.54 bits per heavy atom. The summed E-state index contributed by atoms with van der Waals surface area (Å²) in [5, 5.41) is 0.770. The highest BCUT2D eigenvalue weighted by atomic mass is 35.5. The maximum atomic E-state index is 6.35. The van der Waals surface area contributed by atoms with Crippen LogP contribution in [-0.2, 0) is 0 Å². The van der Waals surface area contributed by atoms with Crippen molar-refractivity contribution in [3.63, 3.8) is 0 Å². The minimum Gasteiger partial charge on any atom is -0.492 e. The smallest absolute Gasteiger partial charge is 0.124 e. The predicted molar refractivity (Wildman–Crippen MR) is 107 cm³/mol.